The minimum atomic E-state index is 0. The first-order valence-corrected chi connectivity index (χ1v) is 9.35. The van der Waals surface area contributed by atoms with E-state index in [4.69, 9.17) is 4.74 Å². The van der Waals surface area contributed by atoms with Crippen LogP contribution in [-0.2, 0) is 9.53 Å². The van der Waals surface area contributed by atoms with Crippen LogP contribution in [0.2, 0.25) is 0 Å². The Morgan fingerprint density at radius 1 is 1.16 bits per heavy atom. The van der Waals surface area contributed by atoms with Crippen molar-refractivity contribution in [1.29, 1.82) is 0 Å². The van der Waals surface area contributed by atoms with Gasteiger partial charge in [-0.05, 0) is 38.5 Å². The molecule has 1 heterocycles. The van der Waals surface area contributed by atoms with Crippen LogP contribution >= 0.6 is 24.0 Å². The molecule has 1 saturated heterocycles. The van der Waals surface area contributed by atoms with Gasteiger partial charge in [0, 0.05) is 32.8 Å². The number of aliphatic imine (C=N–C) groups is 1. The third kappa shape index (κ3) is 7.68. The molecule has 0 spiro atoms. The first-order valence-electron chi connectivity index (χ1n) is 9.35. The van der Waals surface area contributed by atoms with E-state index in [1.807, 2.05) is 0 Å². The second-order valence-corrected chi connectivity index (χ2v) is 7.51. The van der Waals surface area contributed by atoms with Crippen LogP contribution in [0.15, 0.2) is 4.99 Å². The summed E-state index contributed by atoms with van der Waals surface area (Å²) < 4.78 is 5.63. The molecule has 2 fully saturated rings. The number of nitrogens with zero attached hydrogens (tertiary/aromatic N) is 2. The average Bonchev–Trinajstić information content (AvgIpc) is 2.54. The van der Waals surface area contributed by atoms with Crippen molar-refractivity contribution in [2.24, 2.45) is 10.9 Å². The molecular weight excluding hydrogens is 431 g/mol. The third-order valence-electron chi connectivity index (χ3n) is 5.13. The minimum Gasteiger partial charge on any atom is -0.378 e. The van der Waals surface area contributed by atoms with Gasteiger partial charge in [-0.15, -0.1) is 24.0 Å². The maximum atomic E-state index is 11.9. The zero-order valence-corrected chi connectivity index (χ0v) is 18.4. The van der Waals surface area contributed by atoms with Crippen LogP contribution in [0.25, 0.3) is 0 Å². The molecule has 0 radical (unpaired) electrons. The maximum absolute atomic E-state index is 11.9. The number of carbonyl (C=O) groups is 1. The van der Waals surface area contributed by atoms with Crippen molar-refractivity contribution < 1.29 is 9.53 Å². The lowest BCUT2D eigenvalue weighted by atomic mass is 9.86. The van der Waals surface area contributed by atoms with E-state index >= 15 is 0 Å². The molecule has 2 aliphatic rings. The first-order chi connectivity index (χ1) is 11.5. The van der Waals surface area contributed by atoms with Crippen LogP contribution in [0.4, 0.5) is 0 Å². The second-order valence-electron chi connectivity index (χ2n) is 7.51. The molecular formula is C18H35IN4O2. The summed E-state index contributed by atoms with van der Waals surface area (Å²) in [6.07, 6.45) is 7.24. The Hall–Kier alpha value is -0.570. The van der Waals surface area contributed by atoms with Gasteiger partial charge in [0.1, 0.15) is 6.54 Å². The Morgan fingerprint density at radius 3 is 2.52 bits per heavy atom. The molecule has 1 saturated carbocycles. The third-order valence-corrected chi connectivity index (χ3v) is 5.13. The molecule has 4 atom stereocenters. The lowest BCUT2D eigenvalue weighted by Gasteiger charge is -2.34. The van der Waals surface area contributed by atoms with Gasteiger partial charge in [-0.2, -0.15) is 0 Å². The van der Waals surface area contributed by atoms with Gasteiger partial charge in [0.25, 0.3) is 0 Å². The van der Waals surface area contributed by atoms with Crippen LogP contribution in [0.5, 0.6) is 0 Å². The summed E-state index contributed by atoms with van der Waals surface area (Å²) in [5.41, 5.74) is 0. The fraction of sp³-hybridized carbons (Fsp3) is 0.889. The van der Waals surface area contributed by atoms with Crippen LogP contribution < -0.4 is 10.6 Å². The summed E-state index contributed by atoms with van der Waals surface area (Å²) in [5.74, 6) is 1.44. The van der Waals surface area contributed by atoms with E-state index in [1.54, 1.807) is 19.0 Å². The predicted molar refractivity (Wildman–Crippen MR) is 113 cm³/mol. The van der Waals surface area contributed by atoms with Crippen molar-refractivity contribution in [2.75, 3.05) is 27.2 Å². The van der Waals surface area contributed by atoms with Crippen LogP contribution in [0.3, 0.4) is 0 Å². The normalized spacial score (nSPS) is 30.2. The van der Waals surface area contributed by atoms with Gasteiger partial charge in [0.2, 0.25) is 5.91 Å². The molecule has 1 aliphatic heterocycles. The summed E-state index contributed by atoms with van der Waals surface area (Å²) in [6.45, 7) is 5.37. The monoisotopic (exact) mass is 466 g/mol. The number of amides is 1. The van der Waals surface area contributed by atoms with Gasteiger partial charge in [-0.3, -0.25) is 4.79 Å². The molecule has 25 heavy (non-hydrogen) atoms. The molecule has 0 aromatic rings. The fourth-order valence-corrected chi connectivity index (χ4v) is 3.45. The second kappa shape index (κ2) is 11.2. The highest BCUT2D eigenvalue weighted by Gasteiger charge is 2.25. The number of carbonyl (C=O) groups excluding carboxylic acids is 1. The zero-order valence-electron chi connectivity index (χ0n) is 16.1. The number of guanidine groups is 1. The SMILES string of the molecule is CC1CC(NC(=NCC(=O)N(C)C)NC2CCCCC2C)CCO1.I. The fourth-order valence-electron chi connectivity index (χ4n) is 3.45. The molecule has 1 aliphatic carbocycles. The number of hydrogen-bond acceptors (Lipinski definition) is 3. The number of rotatable bonds is 4. The number of halogens is 1. The number of nitrogens with one attached hydrogen (secondary N) is 2. The minimum absolute atomic E-state index is 0. The molecule has 4 unspecified atom stereocenters. The van der Waals surface area contributed by atoms with Gasteiger partial charge in [0.05, 0.1) is 6.10 Å². The highest BCUT2D eigenvalue weighted by atomic mass is 127. The van der Waals surface area contributed by atoms with Crippen molar-refractivity contribution in [2.45, 2.75) is 70.6 Å². The first kappa shape index (κ1) is 22.5. The summed E-state index contributed by atoms with van der Waals surface area (Å²) in [6, 6.07) is 0.796. The molecule has 2 rings (SSSR count). The van der Waals surface area contributed by atoms with Crippen molar-refractivity contribution >= 4 is 35.8 Å². The molecule has 6 nitrogen and oxygen atoms in total. The quantitative estimate of drug-likeness (QED) is 0.380. The predicted octanol–water partition coefficient (Wildman–Crippen LogP) is 2.37. The van der Waals surface area contributed by atoms with Gasteiger partial charge in [-0.25, -0.2) is 4.99 Å². The number of ether oxygens (including phenoxy) is 1. The molecule has 146 valence electrons. The Labute approximate surface area is 169 Å². The maximum Gasteiger partial charge on any atom is 0.243 e. The summed E-state index contributed by atoms with van der Waals surface area (Å²) >= 11 is 0. The Bertz CT molecular complexity index is 445. The van der Waals surface area contributed by atoms with Crippen molar-refractivity contribution in [3.63, 3.8) is 0 Å². The Kier molecular flexibility index (Phi) is 10.1. The highest BCUT2D eigenvalue weighted by molar-refractivity contribution is 14.0. The lowest BCUT2D eigenvalue weighted by molar-refractivity contribution is -0.127. The van der Waals surface area contributed by atoms with E-state index in [0.29, 0.717) is 18.0 Å². The Balaban J connectivity index is 0.00000312. The molecule has 7 heteroatoms. The smallest absolute Gasteiger partial charge is 0.243 e. The van der Waals surface area contributed by atoms with Gasteiger partial charge < -0.3 is 20.3 Å². The topological polar surface area (TPSA) is 66.0 Å². The largest absolute Gasteiger partial charge is 0.378 e. The van der Waals surface area contributed by atoms with E-state index in [0.717, 1.165) is 25.4 Å². The van der Waals surface area contributed by atoms with Gasteiger partial charge >= 0.3 is 0 Å². The molecule has 1 amide bonds. The van der Waals surface area contributed by atoms with E-state index in [9.17, 15) is 4.79 Å². The standard InChI is InChI=1S/C18H34N4O2.HI/c1-13-7-5-6-8-16(13)21-18(19-12-17(23)22(3)4)20-15-9-10-24-14(2)11-15;/h13-16H,5-12H2,1-4H3,(H2,19,20,21);1H. The van der Waals surface area contributed by atoms with Crippen molar-refractivity contribution in [1.82, 2.24) is 15.5 Å². The summed E-state index contributed by atoms with van der Waals surface area (Å²) in [7, 11) is 3.53. The number of hydrogen-bond donors (Lipinski definition) is 2. The lowest BCUT2D eigenvalue weighted by Crippen LogP contribution is -2.52. The molecule has 2 N–H and O–H groups in total. The van der Waals surface area contributed by atoms with Gasteiger partial charge in [-0.1, -0.05) is 19.8 Å². The van der Waals surface area contributed by atoms with E-state index in [1.165, 1.54) is 25.7 Å². The molecule has 0 aromatic heterocycles. The average molecular weight is 466 g/mol. The van der Waals surface area contributed by atoms with Crippen molar-refractivity contribution in [3.8, 4) is 0 Å². The highest BCUT2D eigenvalue weighted by Crippen LogP contribution is 2.23. The summed E-state index contributed by atoms with van der Waals surface area (Å²) in [4.78, 5) is 18.0. The molecule has 0 aromatic carbocycles. The molecule has 0 bridgehead atoms. The number of likely N-dealkylation sites (N-methyl/N-ethyl adjacent to an activating group) is 1. The van der Waals surface area contributed by atoms with Gasteiger partial charge in [0.15, 0.2) is 5.96 Å². The van der Waals surface area contributed by atoms with Crippen LogP contribution in [0, 0.1) is 5.92 Å². The zero-order chi connectivity index (χ0) is 17.5. The van der Waals surface area contributed by atoms with E-state index in [2.05, 4.69) is 29.5 Å². The van der Waals surface area contributed by atoms with E-state index in [-0.39, 0.29) is 42.5 Å². The summed E-state index contributed by atoms with van der Waals surface area (Å²) in [5, 5.41) is 7.13. The van der Waals surface area contributed by atoms with Crippen molar-refractivity contribution in [3.05, 3.63) is 0 Å². The Morgan fingerprint density at radius 2 is 1.88 bits per heavy atom. The van der Waals surface area contributed by atoms with E-state index < -0.39 is 0 Å². The van der Waals surface area contributed by atoms with Crippen LogP contribution in [0.1, 0.15) is 52.4 Å². The van der Waals surface area contributed by atoms with Crippen LogP contribution in [-0.4, -0.2) is 62.2 Å².